The zero-order valence-corrected chi connectivity index (χ0v) is 12.2. The summed E-state index contributed by atoms with van der Waals surface area (Å²) in [4.78, 5) is 21.9. The Bertz CT molecular complexity index is 705. The number of aromatic amines is 1. The van der Waals surface area contributed by atoms with Crippen molar-refractivity contribution in [1.82, 2.24) is 14.9 Å². The van der Waals surface area contributed by atoms with Gasteiger partial charge >= 0.3 is 0 Å². The van der Waals surface area contributed by atoms with Crippen molar-refractivity contribution in [2.24, 2.45) is 0 Å². The van der Waals surface area contributed by atoms with Crippen molar-refractivity contribution < 1.29 is 9.53 Å². The van der Waals surface area contributed by atoms with Crippen LogP contribution in [-0.4, -0.2) is 40.5 Å². The summed E-state index contributed by atoms with van der Waals surface area (Å²) in [6.45, 7) is 0.511. The molecule has 2 heterocycles. The summed E-state index contributed by atoms with van der Waals surface area (Å²) in [5.41, 5.74) is 0.982. The molecule has 0 spiro atoms. The number of nitriles is 1. The second kappa shape index (κ2) is 6.00. The van der Waals surface area contributed by atoms with Gasteiger partial charge in [0, 0.05) is 38.0 Å². The summed E-state index contributed by atoms with van der Waals surface area (Å²) in [6, 6.07) is 8.66. The van der Waals surface area contributed by atoms with Crippen molar-refractivity contribution in [3.05, 3.63) is 53.6 Å². The van der Waals surface area contributed by atoms with E-state index in [0.29, 0.717) is 24.1 Å². The minimum absolute atomic E-state index is 0.0156. The van der Waals surface area contributed by atoms with Gasteiger partial charge in [-0.3, -0.25) is 4.79 Å². The lowest BCUT2D eigenvalue weighted by Gasteiger charge is -2.23. The molecular weight excluding hydrogens is 280 g/mol. The molecule has 1 aromatic carbocycles. The number of benzene rings is 1. The van der Waals surface area contributed by atoms with Crippen LogP contribution < -0.4 is 0 Å². The van der Waals surface area contributed by atoms with Crippen LogP contribution in [-0.2, 0) is 4.74 Å². The number of imidazole rings is 1. The number of amides is 1. The van der Waals surface area contributed by atoms with Gasteiger partial charge in [-0.05, 0) is 18.2 Å². The van der Waals surface area contributed by atoms with Gasteiger partial charge in [0.15, 0.2) is 0 Å². The molecule has 2 aromatic rings. The number of carbonyl (C=O) groups is 1. The molecule has 22 heavy (non-hydrogen) atoms. The van der Waals surface area contributed by atoms with Crippen molar-refractivity contribution in [2.75, 3.05) is 13.7 Å². The van der Waals surface area contributed by atoms with Crippen LogP contribution in [0, 0.1) is 11.3 Å². The second-order valence-corrected chi connectivity index (χ2v) is 5.23. The summed E-state index contributed by atoms with van der Waals surface area (Å²) in [5.74, 6) is 0.641. The van der Waals surface area contributed by atoms with Gasteiger partial charge in [0.2, 0.25) is 0 Å². The third kappa shape index (κ3) is 2.59. The molecule has 2 atom stereocenters. The molecule has 1 amide bonds. The Morgan fingerprint density at radius 2 is 2.41 bits per heavy atom. The highest BCUT2D eigenvalue weighted by molar-refractivity contribution is 5.95. The fraction of sp³-hybridized carbons (Fsp3) is 0.312. The van der Waals surface area contributed by atoms with E-state index in [1.165, 1.54) is 0 Å². The highest BCUT2D eigenvalue weighted by Crippen LogP contribution is 2.32. The van der Waals surface area contributed by atoms with Gasteiger partial charge in [-0.15, -0.1) is 0 Å². The fourth-order valence-corrected chi connectivity index (χ4v) is 2.80. The molecule has 112 valence electrons. The molecule has 0 aliphatic carbocycles. The van der Waals surface area contributed by atoms with E-state index in [-0.39, 0.29) is 18.1 Å². The third-order valence-electron chi connectivity index (χ3n) is 3.93. The average molecular weight is 296 g/mol. The molecule has 1 fully saturated rings. The highest BCUT2D eigenvalue weighted by Gasteiger charge is 2.38. The Kier molecular flexibility index (Phi) is 3.90. The normalized spacial score (nSPS) is 20.8. The molecule has 6 heteroatoms. The predicted octanol–water partition coefficient (Wildman–Crippen LogP) is 1.88. The number of nitrogens with zero attached hydrogens (tertiary/aromatic N) is 3. The number of aromatic nitrogens is 2. The summed E-state index contributed by atoms with van der Waals surface area (Å²) in [6.07, 6.45) is 4.11. The Morgan fingerprint density at radius 3 is 3.09 bits per heavy atom. The van der Waals surface area contributed by atoms with Crippen molar-refractivity contribution >= 4 is 5.91 Å². The smallest absolute Gasteiger partial charge is 0.254 e. The average Bonchev–Trinajstić information content (AvgIpc) is 3.23. The van der Waals surface area contributed by atoms with Gasteiger partial charge in [-0.2, -0.15) is 5.26 Å². The molecule has 0 bridgehead atoms. The maximum atomic E-state index is 12.8. The number of ether oxygens (including phenoxy) is 1. The van der Waals surface area contributed by atoms with Crippen LogP contribution in [0.3, 0.4) is 0 Å². The first-order valence-corrected chi connectivity index (χ1v) is 7.06. The van der Waals surface area contributed by atoms with E-state index in [2.05, 4.69) is 16.0 Å². The van der Waals surface area contributed by atoms with Gasteiger partial charge in [0.25, 0.3) is 5.91 Å². The fourth-order valence-electron chi connectivity index (χ4n) is 2.80. The molecule has 1 saturated heterocycles. The summed E-state index contributed by atoms with van der Waals surface area (Å²) in [5, 5.41) is 8.98. The minimum atomic E-state index is -0.141. The molecule has 3 rings (SSSR count). The lowest BCUT2D eigenvalue weighted by Crippen LogP contribution is -2.32. The lowest BCUT2D eigenvalue weighted by atomic mass is 10.1. The molecule has 1 aromatic heterocycles. The number of methoxy groups -OCH3 is 1. The third-order valence-corrected chi connectivity index (χ3v) is 3.93. The molecular formula is C16H16N4O2. The first-order chi connectivity index (χ1) is 10.7. The second-order valence-electron chi connectivity index (χ2n) is 5.23. The summed E-state index contributed by atoms with van der Waals surface area (Å²) in [7, 11) is 1.65. The molecule has 1 aliphatic heterocycles. The van der Waals surface area contributed by atoms with E-state index in [1.54, 1.807) is 48.7 Å². The van der Waals surface area contributed by atoms with Crippen LogP contribution in [0.5, 0.6) is 0 Å². The number of nitrogens with one attached hydrogen (secondary N) is 1. The number of rotatable bonds is 3. The standard InChI is InChI=1S/C16H16N4O2/c1-22-13-8-14(15-18-5-6-19-15)20(10-13)16(21)12-4-2-3-11(7-12)9-17/h2-7,13-14H,8,10H2,1H3,(H,18,19)/t13-,14?/m1/s1. The molecule has 1 N–H and O–H groups in total. The first kappa shape index (κ1) is 14.3. The molecule has 1 aliphatic rings. The highest BCUT2D eigenvalue weighted by atomic mass is 16.5. The van der Waals surface area contributed by atoms with Crippen LogP contribution in [0.4, 0.5) is 0 Å². The molecule has 6 nitrogen and oxygen atoms in total. The van der Waals surface area contributed by atoms with Gasteiger partial charge < -0.3 is 14.6 Å². The molecule has 0 saturated carbocycles. The Hall–Kier alpha value is -2.65. The largest absolute Gasteiger partial charge is 0.380 e. The Labute approximate surface area is 128 Å². The quantitative estimate of drug-likeness (QED) is 0.937. The number of H-pyrrole nitrogens is 1. The number of hydrogen-bond donors (Lipinski definition) is 1. The van der Waals surface area contributed by atoms with E-state index in [4.69, 9.17) is 10.00 Å². The van der Waals surface area contributed by atoms with Crippen molar-refractivity contribution in [1.29, 1.82) is 5.26 Å². The zero-order valence-electron chi connectivity index (χ0n) is 12.2. The zero-order chi connectivity index (χ0) is 15.5. The van der Waals surface area contributed by atoms with Crippen LogP contribution in [0.2, 0.25) is 0 Å². The monoisotopic (exact) mass is 296 g/mol. The van der Waals surface area contributed by atoms with Gasteiger partial charge in [-0.1, -0.05) is 6.07 Å². The van der Waals surface area contributed by atoms with Crippen molar-refractivity contribution in [3.8, 4) is 6.07 Å². The maximum Gasteiger partial charge on any atom is 0.254 e. The van der Waals surface area contributed by atoms with Crippen molar-refractivity contribution in [2.45, 2.75) is 18.6 Å². The van der Waals surface area contributed by atoms with Gasteiger partial charge in [0.1, 0.15) is 5.82 Å². The SMILES string of the molecule is CO[C@@H]1CC(c2ncc[nH]2)N(C(=O)c2cccc(C#N)c2)C1. The molecule has 0 radical (unpaired) electrons. The predicted molar refractivity (Wildman–Crippen MR) is 78.9 cm³/mol. The van der Waals surface area contributed by atoms with E-state index in [1.807, 2.05) is 0 Å². The van der Waals surface area contributed by atoms with Crippen LogP contribution >= 0.6 is 0 Å². The number of carbonyl (C=O) groups excluding carboxylic acids is 1. The number of likely N-dealkylation sites (tertiary alicyclic amines) is 1. The van der Waals surface area contributed by atoms with E-state index < -0.39 is 0 Å². The van der Waals surface area contributed by atoms with Crippen molar-refractivity contribution in [3.63, 3.8) is 0 Å². The maximum absolute atomic E-state index is 12.8. The Balaban J connectivity index is 1.90. The summed E-state index contributed by atoms with van der Waals surface area (Å²) >= 11 is 0. The topological polar surface area (TPSA) is 82.0 Å². The van der Waals surface area contributed by atoms with Crippen LogP contribution in [0.25, 0.3) is 0 Å². The Morgan fingerprint density at radius 1 is 1.55 bits per heavy atom. The molecule has 1 unspecified atom stereocenters. The van der Waals surface area contributed by atoms with E-state index >= 15 is 0 Å². The van der Waals surface area contributed by atoms with E-state index in [0.717, 1.165) is 5.82 Å². The van der Waals surface area contributed by atoms with Crippen LogP contribution in [0.15, 0.2) is 36.7 Å². The number of hydrogen-bond acceptors (Lipinski definition) is 4. The van der Waals surface area contributed by atoms with Gasteiger partial charge in [-0.25, -0.2) is 4.98 Å². The summed E-state index contributed by atoms with van der Waals surface area (Å²) < 4.78 is 5.41. The van der Waals surface area contributed by atoms with Gasteiger partial charge in [0.05, 0.1) is 23.8 Å². The lowest BCUT2D eigenvalue weighted by molar-refractivity contribution is 0.0684. The minimum Gasteiger partial charge on any atom is -0.380 e. The first-order valence-electron chi connectivity index (χ1n) is 7.06. The van der Waals surface area contributed by atoms with Crippen LogP contribution in [0.1, 0.15) is 34.2 Å². The van der Waals surface area contributed by atoms with E-state index in [9.17, 15) is 4.79 Å².